The van der Waals surface area contributed by atoms with Crippen molar-refractivity contribution in [3.63, 3.8) is 0 Å². The monoisotopic (exact) mass is 438 g/mol. The van der Waals surface area contributed by atoms with Crippen LogP contribution in [0.15, 0.2) is 38.8 Å². The Hall–Kier alpha value is -3.12. The number of anilines is 3. The van der Waals surface area contributed by atoms with E-state index in [9.17, 15) is 22.8 Å². The number of hydrogen-bond acceptors (Lipinski definition) is 7. The number of nitrogens with two attached hydrogens (primary N) is 2. The largest absolute Gasteiger partial charge is 0.383 e. The molecular weight excluding hydrogens is 412 g/mol. The first-order valence-corrected chi connectivity index (χ1v) is 10.9. The number of sulfonamides is 1. The molecule has 6 N–H and O–H groups in total. The first-order chi connectivity index (χ1) is 14.0. The van der Waals surface area contributed by atoms with Crippen LogP contribution in [0, 0.1) is 0 Å². The molecule has 2 rings (SSSR count). The van der Waals surface area contributed by atoms with Gasteiger partial charge in [-0.15, -0.1) is 0 Å². The van der Waals surface area contributed by atoms with E-state index in [4.69, 9.17) is 10.9 Å². The van der Waals surface area contributed by atoms with Gasteiger partial charge in [-0.2, -0.15) is 0 Å². The predicted octanol–water partition coefficient (Wildman–Crippen LogP) is 0.0313. The molecule has 1 amide bonds. The molecule has 0 fully saturated rings. The topological polar surface area (TPSA) is 173 Å². The zero-order valence-electron chi connectivity index (χ0n) is 16.8. The SMILES string of the molecule is CCCCn1c(N)c(N(C)CCC(=O)Nc2ccc(S(N)(=O)=O)cc2)c(=O)[nH]c1=O. The van der Waals surface area contributed by atoms with Crippen molar-refractivity contribution in [3.8, 4) is 0 Å². The minimum Gasteiger partial charge on any atom is -0.383 e. The highest BCUT2D eigenvalue weighted by Gasteiger charge is 2.17. The van der Waals surface area contributed by atoms with Crippen LogP contribution in [0.1, 0.15) is 26.2 Å². The normalized spacial score (nSPS) is 11.3. The van der Waals surface area contributed by atoms with Crippen LogP contribution in [0.4, 0.5) is 17.2 Å². The van der Waals surface area contributed by atoms with Crippen LogP contribution < -0.4 is 32.3 Å². The third-order valence-corrected chi connectivity index (χ3v) is 5.40. The van der Waals surface area contributed by atoms with E-state index in [-0.39, 0.29) is 35.3 Å². The number of amides is 1. The van der Waals surface area contributed by atoms with Gasteiger partial charge in [-0.25, -0.2) is 18.4 Å². The number of unbranched alkanes of at least 4 members (excludes halogenated alkanes) is 1. The average Bonchev–Trinajstić information content (AvgIpc) is 2.65. The van der Waals surface area contributed by atoms with Crippen molar-refractivity contribution in [2.24, 2.45) is 5.14 Å². The average molecular weight is 439 g/mol. The number of benzene rings is 1. The molecule has 0 spiro atoms. The molecule has 0 radical (unpaired) electrons. The first-order valence-electron chi connectivity index (χ1n) is 9.31. The van der Waals surface area contributed by atoms with Gasteiger partial charge in [0.05, 0.1) is 4.90 Å². The van der Waals surface area contributed by atoms with Crippen LogP contribution in [0.5, 0.6) is 0 Å². The molecule has 0 atom stereocenters. The Balaban J connectivity index is 2.06. The summed E-state index contributed by atoms with van der Waals surface area (Å²) in [7, 11) is -2.21. The molecule has 1 aromatic heterocycles. The molecule has 0 saturated heterocycles. The number of aromatic nitrogens is 2. The van der Waals surface area contributed by atoms with Gasteiger partial charge in [0.2, 0.25) is 15.9 Å². The maximum atomic E-state index is 12.2. The lowest BCUT2D eigenvalue weighted by molar-refractivity contribution is -0.116. The summed E-state index contributed by atoms with van der Waals surface area (Å²) in [4.78, 5) is 40.1. The standard InChI is InChI=1S/C18H26N6O5S/c1-3-4-10-24-16(19)15(17(26)22-18(24)27)23(2)11-9-14(25)21-12-5-7-13(8-6-12)30(20,28)29/h5-8H,3-4,9-11,19H2,1-2H3,(H,21,25)(H2,20,28,29)(H,22,26,27). The molecule has 0 saturated carbocycles. The molecule has 0 aliphatic carbocycles. The van der Waals surface area contributed by atoms with Gasteiger partial charge >= 0.3 is 5.69 Å². The molecule has 0 unspecified atom stereocenters. The minimum absolute atomic E-state index is 0.0282. The Labute approximate surface area is 173 Å². The molecule has 0 aliphatic rings. The van der Waals surface area contributed by atoms with E-state index in [2.05, 4.69) is 10.3 Å². The van der Waals surface area contributed by atoms with E-state index in [1.165, 1.54) is 33.7 Å². The number of carbonyl (C=O) groups excluding carboxylic acids is 1. The fraction of sp³-hybridized carbons (Fsp3) is 0.389. The van der Waals surface area contributed by atoms with Crippen molar-refractivity contribution >= 4 is 33.1 Å². The van der Waals surface area contributed by atoms with Crippen molar-refractivity contribution in [1.82, 2.24) is 9.55 Å². The highest BCUT2D eigenvalue weighted by molar-refractivity contribution is 7.89. The lowest BCUT2D eigenvalue weighted by Gasteiger charge is -2.21. The molecule has 1 aromatic carbocycles. The molecule has 1 heterocycles. The Morgan fingerprint density at radius 2 is 1.87 bits per heavy atom. The summed E-state index contributed by atoms with van der Waals surface area (Å²) >= 11 is 0. The first kappa shape index (κ1) is 23.2. The van der Waals surface area contributed by atoms with Gasteiger partial charge in [-0.3, -0.25) is 19.1 Å². The highest BCUT2D eigenvalue weighted by Crippen LogP contribution is 2.16. The second-order valence-electron chi connectivity index (χ2n) is 6.79. The molecule has 0 bridgehead atoms. The fourth-order valence-electron chi connectivity index (χ4n) is 2.82. The molecule has 30 heavy (non-hydrogen) atoms. The summed E-state index contributed by atoms with van der Waals surface area (Å²) in [6.45, 7) is 2.52. The molecule has 164 valence electrons. The molecule has 2 aromatic rings. The van der Waals surface area contributed by atoms with Gasteiger partial charge in [0.15, 0.2) is 0 Å². The van der Waals surface area contributed by atoms with Gasteiger partial charge < -0.3 is 16.0 Å². The summed E-state index contributed by atoms with van der Waals surface area (Å²) in [5.74, 6) is -0.293. The Morgan fingerprint density at radius 3 is 2.43 bits per heavy atom. The second kappa shape index (κ2) is 9.59. The van der Waals surface area contributed by atoms with Gasteiger partial charge in [-0.05, 0) is 30.7 Å². The molecule has 11 nitrogen and oxygen atoms in total. The van der Waals surface area contributed by atoms with Crippen molar-refractivity contribution in [1.29, 1.82) is 0 Å². The van der Waals surface area contributed by atoms with Crippen LogP contribution in [0.2, 0.25) is 0 Å². The van der Waals surface area contributed by atoms with Crippen molar-refractivity contribution < 1.29 is 13.2 Å². The van der Waals surface area contributed by atoms with Gasteiger partial charge in [0, 0.05) is 32.2 Å². The second-order valence-corrected chi connectivity index (χ2v) is 8.35. The summed E-state index contributed by atoms with van der Waals surface area (Å²) in [6.07, 6.45) is 1.61. The number of primary sulfonamides is 1. The van der Waals surface area contributed by atoms with Gasteiger partial charge in [0.25, 0.3) is 5.56 Å². The Bertz CT molecular complexity index is 1120. The quantitative estimate of drug-likeness (QED) is 0.427. The summed E-state index contributed by atoms with van der Waals surface area (Å²) in [5.41, 5.74) is 5.39. The van der Waals surface area contributed by atoms with Crippen molar-refractivity contribution in [3.05, 3.63) is 45.1 Å². The van der Waals surface area contributed by atoms with Gasteiger partial charge in [-0.1, -0.05) is 13.3 Å². The number of nitrogen functional groups attached to an aromatic ring is 1. The lowest BCUT2D eigenvalue weighted by Crippen LogP contribution is -2.38. The van der Waals surface area contributed by atoms with E-state index in [1.807, 2.05) is 6.92 Å². The molecular formula is C18H26N6O5S. The third kappa shape index (κ3) is 5.70. The van der Waals surface area contributed by atoms with Crippen molar-refractivity contribution in [2.45, 2.75) is 37.6 Å². The summed E-state index contributed by atoms with van der Waals surface area (Å²) in [5, 5.41) is 7.67. The number of nitrogens with one attached hydrogen (secondary N) is 2. The lowest BCUT2D eigenvalue weighted by atomic mass is 10.3. The number of carbonyl (C=O) groups is 1. The van der Waals surface area contributed by atoms with Gasteiger partial charge in [0.1, 0.15) is 11.5 Å². The smallest absolute Gasteiger partial charge is 0.330 e. The van der Waals surface area contributed by atoms with E-state index < -0.39 is 21.3 Å². The Morgan fingerprint density at radius 1 is 1.23 bits per heavy atom. The molecule has 0 aliphatic heterocycles. The van der Waals surface area contributed by atoms with Crippen molar-refractivity contribution in [2.75, 3.05) is 29.5 Å². The van der Waals surface area contributed by atoms with E-state index >= 15 is 0 Å². The highest BCUT2D eigenvalue weighted by atomic mass is 32.2. The predicted molar refractivity (Wildman–Crippen MR) is 115 cm³/mol. The van der Waals surface area contributed by atoms with Crippen LogP contribution in [0.25, 0.3) is 0 Å². The van der Waals surface area contributed by atoms with Crippen LogP contribution in [-0.2, 0) is 21.4 Å². The Kier molecular flexibility index (Phi) is 7.40. The molecule has 12 heteroatoms. The maximum absolute atomic E-state index is 12.2. The van der Waals surface area contributed by atoms with E-state index in [0.717, 1.165) is 12.8 Å². The number of nitrogens with zero attached hydrogens (tertiary/aromatic N) is 2. The zero-order chi connectivity index (χ0) is 22.5. The van der Waals surface area contributed by atoms with Crippen LogP contribution >= 0.6 is 0 Å². The van der Waals surface area contributed by atoms with E-state index in [1.54, 1.807) is 7.05 Å². The summed E-state index contributed by atoms with van der Waals surface area (Å²) < 4.78 is 23.8. The zero-order valence-corrected chi connectivity index (χ0v) is 17.7. The third-order valence-electron chi connectivity index (χ3n) is 4.47. The number of rotatable bonds is 9. The number of aromatic amines is 1. The van der Waals surface area contributed by atoms with Crippen LogP contribution in [-0.4, -0.2) is 37.5 Å². The van der Waals surface area contributed by atoms with Crippen LogP contribution in [0.3, 0.4) is 0 Å². The number of hydrogen-bond donors (Lipinski definition) is 4. The van der Waals surface area contributed by atoms with E-state index in [0.29, 0.717) is 12.2 Å². The fourth-order valence-corrected chi connectivity index (χ4v) is 3.33. The summed E-state index contributed by atoms with van der Waals surface area (Å²) in [6, 6.07) is 5.43. The maximum Gasteiger partial charge on any atom is 0.330 e. The minimum atomic E-state index is -3.81. The number of H-pyrrole nitrogens is 1.